The molecule has 2 rings (SSSR count). The quantitative estimate of drug-likeness (QED) is 0.806. The molecule has 1 aliphatic carbocycles. The second-order valence-corrected chi connectivity index (χ2v) is 7.49. The molecule has 1 heterocycles. The molecule has 2 nitrogen and oxygen atoms in total. The monoisotopic (exact) mass is 243 g/mol. The molecule has 3 unspecified atom stereocenters. The third-order valence-electron chi connectivity index (χ3n) is 4.27. The standard InChI is InChI=1S/C13H25NOS/c1-10-3-4-13(11(2)9-10)14-12-5-7-16(15)8-6-12/h10-14H,3-9H2,1-2H3. The van der Waals surface area contributed by atoms with E-state index in [1.807, 2.05) is 0 Å². The first kappa shape index (κ1) is 12.6. The van der Waals surface area contributed by atoms with E-state index in [1.165, 1.54) is 19.3 Å². The Kier molecular flexibility index (Phi) is 4.42. The minimum Gasteiger partial charge on any atom is -0.311 e. The Balaban J connectivity index is 1.78. The fourth-order valence-electron chi connectivity index (χ4n) is 3.18. The Hall–Kier alpha value is 0.110. The summed E-state index contributed by atoms with van der Waals surface area (Å²) >= 11 is 0. The van der Waals surface area contributed by atoms with Crippen molar-refractivity contribution in [2.24, 2.45) is 11.8 Å². The molecule has 94 valence electrons. The molecule has 0 bridgehead atoms. The van der Waals surface area contributed by atoms with Crippen LogP contribution in [0.1, 0.15) is 46.0 Å². The predicted octanol–water partition coefficient (Wildman–Crippen LogP) is 2.31. The summed E-state index contributed by atoms with van der Waals surface area (Å²) in [6, 6.07) is 1.35. The molecule has 0 aromatic carbocycles. The minimum atomic E-state index is -0.522. The molecule has 1 N–H and O–H groups in total. The lowest BCUT2D eigenvalue weighted by atomic mass is 9.79. The maximum atomic E-state index is 11.3. The van der Waals surface area contributed by atoms with E-state index in [9.17, 15) is 4.21 Å². The largest absolute Gasteiger partial charge is 0.311 e. The van der Waals surface area contributed by atoms with Crippen molar-refractivity contribution in [1.82, 2.24) is 5.32 Å². The Labute approximate surface area is 102 Å². The molecule has 1 saturated heterocycles. The van der Waals surface area contributed by atoms with Gasteiger partial charge in [0.2, 0.25) is 0 Å². The molecular weight excluding hydrogens is 218 g/mol. The van der Waals surface area contributed by atoms with Gasteiger partial charge >= 0.3 is 0 Å². The number of hydrogen-bond acceptors (Lipinski definition) is 2. The lowest BCUT2D eigenvalue weighted by Gasteiger charge is -2.37. The molecular formula is C13H25NOS. The average Bonchev–Trinajstić information content (AvgIpc) is 2.25. The fraction of sp³-hybridized carbons (Fsp3) is 1.00. The molecule has 3 heteroatoms. The van der Waals surface area contributed by atoms with E-state index in [0.717, 1.165) is 36.2 Å². The first-order valence-electron chi connectivity index (χ1n) is 6.76. The zero-order valence-electron chi connectivity index (χ0n) is 10.6. The summed E-state index contributed by atoms with van der Waals surface area (Å²) in [4.78, 5) is 0. The first-order chi connectivity index (χ1) is 7.65. The van der Waals surface area contributed by atoms with Crippen molar-refractivity contribution in [2.45, 2.75) is 58.0 Å². The van der Waals surface area contributed by atoms with Crippen molar-refractivity contribution in [2.75, 3.05) is 11.5 Å². The highest BCUT2D eigenvalue weighted by Gasteiger charge is 2.28. The van der Waals surface area contributed by atoms with Crippen LogP contribution in [-0.4, -0.2) is 27.8 Å². The van der Waals surface area contributed by atoms with Gasteiger partial charge in [-0.3, -0.25) is 4.21 Å². The maximum Gasteiger partial charge on any atom is 0.0249 e. The van der Waals surface area contributed by atoms with Crippen LogP contribution in [0.15, 0.2) is 0 Å². The van der Waals surface area contributed by atoms with Gasteiger partial charge in [0.05, 0.1) is 0 Å². The lowest BCUT2D eigenvalue weighted by Crippen LogP contribution is -2.46. The fourth-order valence-corrected chi connectivity index (χ4v) is 4.48. The van der Waals surface area contributed by atoms with Crippen molar-refractivity contribution in [3.05, 3.63) is 0 Å². The van der Waals surface area contributed by atoms with Gasteiger partial charge in [0.1, 0.15) is 0 Å². The van der Waals surface area contributed by atoms with Gasteiger partial charge in [0.25, 0.3) is 0 Å². The number of rotatable bonds is 2. The zero-order chi connectivity index (χ0) is 11.5. The number of nitrogens with one attached hydrogen (secondary N) is 1. The SMILES string of the molecule is CC1CCC(NC2CCS(=O)CC2)C(C)C1. The smallest absolute Gasteiger partial charge is 0.0249 e. The molecule has 0 amide bonds. The molecule has 0 radical (unpaired) electrons. The van der Waals surface area contributed by atoms with E-state index in [2.05, 4.69) is 19.2 Å². The maximum absolute atomic E-state index is 11.3. The van der Waals surface area contributed by atoms with E-state index in [4.69, 9.17) is 0 Å². The molecule has 1 saturated carbocycles. The third kappa shape index (κ3) is 3.30. The van der Waals surface area contributed by atoms with Crippen molar-refractivity contribution in [1.29, 1.82) is 0 Å². The Morgan fingerprint density at radius 3 is 2.38 bits per heavy atom. The third-order valence-corrected chi connectivity index (χ3v) is 5.65. The van der Waals surface area contributed by atoms with E-state index >= 15 is 0 Å². The molecule has 2 fully saturated rings. The van der Waals surface area contributed by atoms with Crippen molar-refractivity contribution in [3.63, 3.8) is 0 Å². The summed E-state index contributed by atoms with van der Waals surface area (Å²) in [7, 11) is -0.522. The van der Waals surface area contributed by atoms with E-state index < -0.39 is 10.8 Å². The second-order valence-electron chi connectivity index (χ2n) is 5.79. The summed E-state index contributed by atoms with van der Waals surface area (Å²) in [6.07, 6.45) is 6.32. The van der Waals surface area contributed by atoms with Crippen LogP contribution in [0.2, 0.25) is 0 Å². The van der Waals surface area contributed by atoms with Gasteiger partial charge < -0.3 is 5.32 Å². The van der Waals surface area contributed by atoms with Crippen molar-refractivity contribution >= 4 is 10.8 Å². The highest BCUT2D eigenvalue weighted by molar-refractivity contribution is 7.85. The Bertz CT molecular complexity index is 246. The average molecular weight is 243 g/mol. The van der Waals surface area contributed by atoms with Gasteiger partial charge in [-0.25, -0.2) is 0 Å². The van der Waals surface area contributed by atoms with Crippen molar-refractivity contribution in [3.8, 4) is 0 Å². The molecule has 0 spiro atoms. The molecule has 3 atom stereocenters. The molecule has 1 aliphatic heterocycles. The van der Waals surface area contributed by atoms with Crippen LogP contribution in [0.5, 0.6) is 0 Å². The Morgan fingerprint density at radius 1 is 1.06 bits per heavy atom. The van der Waals surface area contributed by atoms with E-state index in [-0.39, 0.29) is 0 Å². The van der Waals surface area contributed by atoms with Gasteiger partial charge in [-0.15, -0.1) is 0 Å². The normalized spacial score (nSPS) is 45.5. The Morgan fingerprint density at radius 2 is 1.75 bits per heavy atom. The summed E-state index contributed by atoms with van der Waals surface area (Å²) < 4.78 is 11.3. The van der Waals surface area contributed by atoms with Gasteiger partial charge in [0.15, 0.2) is 0 Å². The van der Waals surface area contributed by atoms with Crippen LogP contribution < -0.4 is 5.32 Å². The lowest BCUT2D eigenvalue weighted by molar-refractivity contribution is 0.209. The summed E-state index contributed by atoms with van der Waals surface area (Å²) in [5.41, 5.74) is 0. The van der Waals surface area contributed by atoms with Gasteiger partial charge in [-0.1, -0.05) is 13.8 Å². The molecule has 2 aliphatic rings. The highest BCUT2D eigenvalue weighted by atomic mass is 32.2. The van der Waals surface area contributed by atoms with Crippen LogP contribution in [0, 0.1) is 11.8 Å². The summed E-state index contributed by atoms with van der Waals surface area (Å²) in [5, 5.41) is 3.81. The van der Waals surface area contributed by atoms with Gasteiger partial charge in [-0.05, 0) is 43.9 Å². The predicted molar refractivity (Wildman–Crippen MR) is 70.0 cm³/mol. The summed E-state index contributed by atoms with van der Waals surface area (Å²) in [5.74, 6) is 3.55. The van der Waals surface area contributed by atoms with Crippen LogP contribution in [0.25, 0.3) is 0 Å². The van der Waals surface area contributed by atoms with Gasteiger partial charge in [-0.2, -0.15) is 0 Å². The first-order valence-corrected chi connectivity index (χ1v) is 8.25. The minimum absolute atomic E-state index is 0.522. The second kappa shape index (κ2) is 5.63. The van der Waals surface area contributed by atoms with Crippen LogP contribution in [0.3, 0.4) is 0 Å². The molecule has 0 aromatic heterocycles. The topological polar surface area (TPSA) is 29.1 Å². The zero-order valence-corrected chi connectivity index (χ0v) is 11.4. The van der Waals surface area contributed by atoms with Gasteiger partial charge in [0, 0.05) is 34.4 Å². The molecule has 16 heavy (non-hydrogen) atoms. The number of hydrogen-bond donors (Lipinski definition) is 1. The van der Waals surface area contributed by atoms with Crippen LogP contribution >= 0.6 is 0 Å². The van der Waals surface area contributed by atoms with Crippen LogP contribution in [0.4, 0.5) is 0 Å². The van der Waals surface area contributed by atoms with Crippen LogP contribution in [-0.2, 0) is 10.8 Å². The highest BCUT2D eigenvalue weighted by Crippen LogP contribution is 2.29. The summed E-state index contributed by atoms with van der Waals surface area (Å²) in [6.45, 7) is 4.75. The molecule has 0 aromatic rings. The van der Waals surface area contributed by atoms with E-state index in [1.54, 1.807) is 0 Å². The van der Waals surface area contributed by atoms with E-state index in [0.29, 0.717) is 12.1 Å². The van der Waals surface area contributed by atoms with Crippen molar-refractivity contribution < 1.29 is 4.21 Å².